The van der Waals surface area contributed by atoms with E-state index in [9.17, 15) is 4.79 Å². The maximum Gasteiger partial charge on any atom is 0.363 e. The molecular formula is C10H11N5O. The Morgan fingerprint density at radius 2 is 2.12 bits per heavy atom. The monoisotopic (exact) mass is 217 g/mol. The molecule has 0 fully saturated rings. The highest BCUT2D eigenvalue weighted by molar-refractivity contribution is 5.71. The number of anilines is 3. The first-order chi connectivity index (χ1) is 7.66. The molecule has 0 unspecified atom stereocenters. The van der Waals surface area contributed by atoms with Crippen LogP contribution in [0.1, 0.15) is 5.69 Å². The van der Waals surface area contributed by atoms with E-state index in [0.717, 1.165) is 0 Å². The Morgan fingerprint density at radius 3 is 2.88 bits per heavy atom. The van der Waals surface area contributed by atoms with Gasteiger partial charge in [-0.2, -0.15) is 10.1 Å². The summed E-state index contributed by atoms with van der Waals surface area (Å²) in [4.78, 5) is 14.8. The van der Waals surface area contributed by atoms with Crippen molar-refractivity contribution in [3.63, 3.8) is 0 Å². The second-order valence-electron chi connectivity index (χ2n) is 3.29. The molecule has 1 aromatic carbocycles. The van der Waals surface area contributed by atoms with Crippen LogP contribution in [-0.4, -0.2) is 15.2 Å². The molecule has 0 aliphatic carbocycles. The first-order valence-corrected chi connectivity index (χ1v) is 4.71. The molecular weight excluding hydrogens is 206 g/mol. The van der Waals surface area contributed by atoms with Crippen molar-refractivity contribution in [1.29, 1.82) is 0 Å². The zero-order valence-corrected chi connectivity index (χ0v) is 8.69. The molecule has 0 radical (unpaired) electrons. The predicted octanol–water partition coefficient (Wildman–Crippen LogP) is 0.799. The summed E-state index contributed by atoms with van der Waals surface area (Å²) >= 11 is 0. The lowest BCUT2D eigenvalue weighted by Crippen LogP contribution is -2.15. The number of para-hydroxylation sites is 2. The zero-order chi connectivity index (χ0) is 11.5. The molecule has 2 rings (SSSR count). The van der Waals surface area contributed by atoms with E-state index in [2.05, 4.69) is 20.5 Å². The number of aryl methyl sites for hydroxylation is 1. The number of aromatic amines is 1. The van der Waals surface area contributed by atoms with Crippen LogP contribution in [0.2, 0.25) is 0 Å². The van der Waals surface area contributed by atoms with Crippen molar-refractivity contribution in [1.82, 2.24) is 15.2 Å². The highest BCUT2D eigenvalue weighted by Crippen LogP contribution is 2.21. The van der Waals surface area contributed by atoms with Crippen LogP contribution in [-0.2, 0) is 0 Å². The summed E-state index contributed by atoms with van der Waals surface area (Å²) in [5.41, 5.74) is 7.15. The average molecular weight is 217 g/mol. The lowest BCUT2D eigenvalue weighted by atomic mass is 10.2. The fraction of sp³-hybridized carbons (Fsp3) is 0.100. The van der Waals surface area contributed by atoms with Gasteiger partial charge in [0.1, 0.15) is 5.69 Å². The molecule has 0 atom stereocenters. The number of nitrogen functional groups attached to an aromatic ring is 1. The summed E-state index contributed by atoms with van der Waals surface area (Å²) in [5.74, 6) is 0.404. The van der Waals surface area contributed by atoms with E-state index in [1.165, 1.54) is 0 Å². The van der Waals surface area contributed by atoms with E-state index in [1.54, 1.807) is 19.1 Å². The molecule has 2 aromatic rings. The molecule has 82 valence electrons. The highest BCUT2D eigenvalue weighted by atomic mass is 16.1. The van der Waals surface area contributed by atoms with Crippen LogP contribution in [0.4, 0.5) is 17.2 Å². The number of H-pyrrole nitrogens is 1. The van der Waals surface area contributed by atoms with Gasteiger partial charge in [0, 0.05) is 0 Å². The van der Waals surface area contributed by atoms with Crippen LogP contribution in [0.5, 0.6) is 0 Å². The van der Waals surface area contributed by atoms with E-state index < -0.39 is 5.69 Å². The van der Waals surface area contributed by atoms with Crippen LogP contribution in [0.25, 0.3) is 0 Å². The SMILES string of the molecule is Cc1n[nH]c(=O)nc1Nc1ccccc1N. The van der Waals surface area contributed by atoms with Gasteiger partial charge in [-0.15, -0.1) is 0 Å². The van der Waals surface area contributed by atoms with Gasteiger partial charge in [0.25, 0.3) is 0 Å². The van der Waals surface area contributed by atoms with Gasteiger partial charge in [-0.25, -0.2) is 9.89 Å². The summed E-state index contributed by atoms with van der Waals surface area (Å²) in [5, 5.41) is 9.02. The van der Waals surface area contributed by atoms with Gasteiger partial charge in [-0.05, 0) is 19.1 Å². The first-order valence-electron chi connectivity index (χ1n) is 4.71. The molecule has 6 nitrogen and oxygen atoms in total. The molecule has 0 amide bonds. The third-order valence-electron chi connectivity index (χ3n) is 2.09. The van der Waals surface area contributed by atoms with Crippen LogP contribution < -0.4 is 16.7 Å². The topological polar surface area (TPSA) is 96.7 Å². The van der Waals surface area contributed by atoms with Crippen LogP contribution >= 0.6 is 0 Å². The van der Waals surface area contributed by atoms with Crippen LogP contribution in [0.3, 0.4) is 0 Å². The van der Waals surface area contributed by atoms with Gasteiger partial charge < -0.3 is 11.1 Å². The Kier molecular flexibility index (Phi) is 2.55. The average Bonchev–Trinajstić information content (AvgIpc) is 2.27. The molecule has 1 heterocycles. The van der Waals surface area contributed by atoms with Crippen LogP contribution in [0, 0.1) is 6.92 Å². The second kappa shape index (κ2) is 4.01. The van der Waals surface area contributed by atoms with Gasteiger partial charge in [0.05, 0.1) is 11.4 Å². The predicted molar refractivity (Wildman–Crippen MR) is 61.5 cm³/mol. The number of nitrogens with two attached hydrogens (primary N) is 1. The maximum absolute atomic E-state index is 11.0. The van der Waals surface area contributed by atoms with Crippen molar-refractivity contribution in [2.24, 2.45) is 0 Å². The van der Waals surface area contributed by atoms with Crippen molar-refractivity contribution in [2.75, 3.05) is 11.1 Å². The summed E-state index contributed by atoms with van der Waals surface area (Å²) in [6.07, 6.45) is 0. The van der Waals surface area contributed by atoms with Gasteiger partial charge in [0.15, 0.2) is 5.82 Å². The normalized spacial score (nSPS) is 10.1. The van der Waals surface area contributed by atoms with Crippen molar-refractivity contribution < 1.29 is 0 Å². The third-order valence-corrected chi connectivity index (χ3v) is 2.09. The molecule has 0 saturated heterocycles. The summed E-state index contributed by atoms with van der Waals surface area (Å²) < 4.78 is 0. The Morgan fingerprint density at radius 1 is 1.38 bits per heavy atom. The van der Waals surface area contributed by atoms with Gasteiger partial charge in [-0.3, -0.25) is 0 Å². The van der Waals surface area contributed by atoms with Crippen molar-refractivity contribution >= 4 is 17.2 Å². The standard InChI is InChI=1S/C10H11N5O/c1-6-9(13-10(16)15-14-6)12-8-5-3-2-4-7(8)11/h2-5H,11H2,1H3,(H2,12,13,15,16). The number of rotatable bonds is 2. The van der Waals surface area contributed by atoms with E-state index in [1.807, 2.05) is 12.1 Å². The first kappa shape index (κ1) is 10.2. The third kappa shape index (κ3) is 2.00. The van der Waals surface area contributed by atoms with Gasteiger partial charge in [-0.1, -0.05) is 12.1 Å². The summed E-state index contributed by atoms with van der Waals surface area (Å²) in [7, 11) is 0. The lowest BCUT2D eigenvalue weighted by molar-refractivity contribution is 0.885. The Labute approximate surface area is 91.5 Å². The van der Waals surface area contributed by atoms with Crippen molar-refractivity contribution in [3.8, 4) is 0 Å². The second-order valence-corrected chi connectivity index (χ2v) is 3.29. The molecule has 0 spiro atoms. The largest absolute Gasteiger partial charge is 0.397 e. The van der Waals surface area contributed by atoms with E-state index in [0.29, 0.717) is 22.9 Å². The number of nitrogens with zero attached hydrogens (tertiary/aromatic N) is 2. The smallest absolute Gasteiger partial charge is 0.363 e. The van der Waals surface area contributed by atoms with Crippen molar-refractivity contribution in [2.45, 2.75) is 6.92 Å². The Bertz CT molecular complexity index is 563. The number of nitrogens with one attached hydrogen (secondary N) is 2. The number of benzene rings is 1. The summed E-state index contributed by atoms with van der Waals surface area (Å²) in [6, 6.07) is 7.24. The number of hydrogen-bond donors (Lipinski definition) is 3. The Hall–Kier alpha value is -2.37. The molecule has 0 aliphatic heterocycles. The minimum atomic E-state index is -0.498. The number of aromatic nitrogens is 3. The van der Waals surface area contributed by atoms with Gasteiger partial charge in [0.2, 0.25) is 0 Å². The fourth-order valence-corrected chi connectivity index (χ4v) is 1.25. The molecule has 0 aliphatic rings. The lowest BCUT2D eigenvalue weighted by Gasteiger charge is -2.08. The molecule has 1 aromatic heterocycles. The quantitative estimate of drug-likeness (QED) is 0.646. The summed E-state index contributed by atoms with van der Waals surface area (Å²) in [6.45, 7) is 1.74. The molecule has 0 saturated carbocycles. The molecule has 16 heavy (non-hydrogen) atoms. The minimum absolute atomic E-state index is 0.404. The van der Waals surface area contributed by atoms with E-state index >= 15 is 0 Å². The zero-order valence-electron chi connectivity index (χ0n) is 8.69. The highest BCUT2D eigenvalue weighted by Gasteiger charge is 2.04. The minimum Gasteiger partial charge on any atom is -0.397 e. The van der Waals surface area contributed by atoms with Crippen molar-refractivity contribution in [3.05, 3.63) is 40.4 Å². The fourth-order valence-electron chi connectivity index (χ4n) is 1.25. The molecule has 0 bridgehead atoms. The van der Waals surface area contributed by atoms with E-state index in [4.69, 9.17) is 5.73 Å². The van der Waals surface area contributed by atoms with E-state index in [-0.39, 0.29) is 0 Å². The number of hydrogen-bond acceptors (Lipinski definition) is 5. The maximum atomic E-state index is 11.0. The molecule has 6 heteroatoms. The molecule has 4 N–H and O–H groups in total. The van der Waals surface area contributed by atoms with Crippen LogP contribution in [0.15, 0.2) is 29.1 Å². The Balaban J connectivity index is 2.38. The van der Waals surface area contributed by atoms with Gasteiger partial charge >= 0.3 is 5.69 Å².